The highest BCUT2D eigenvalue weighted by atomic mass is 35.5. The number of nitrogens with zero attached hydrogens (tertiary/aromatic N) is 2. The average molecular weight is 255 g/mol. The molecule has 1 aromatic heterocycles. The molecule has 0 radical (unpaired) electrons. The molecular formula is C7H11ClN2O2S2. The molecule has 0 aliphatic rings. The number of sulfone groups is 1. The van der Waals surface area contributed by atoms with E-state index in [0.717, 1.165) is 0 Å². The van der Waals surface area contributed by atoms with Gasteiger partial charge in [0.2, 0.25) is 0 Å². The van der Waals surface area contributed by atoms with E-state index in [1.165, 1.54) is 17.6 Å². The normalized spacial score (nSPS) is 16.6. The Bertz CT molecular complexity index is 413. The molecule has 0 aliphatic heterocycles. The maximum absolute atomic E-state index is 11.2. The molecule has 0 aromatic carbocycles. The number of halogens is 1. The van der Waals surface area contributed by atoms with Gasteiger partial charge in [-0.05, 0) is 13.8 Å². The summed E-state index contributed by atoms with van der Waals surface area (Å²) in [7, 11) is -3.10. The monoisotopic (exact) mass is 254 g/mol. The van der Waals surface area contributed by atoms with E-state index in [9.17, 15) is 8.42 Å². The van der Waals surface area contributed by atoms with Crippen LogP contribution in [0.25, 0.3) is 0 Å². The van der Waals surface area contributed by atoms with E-state index in [0.29, 0.717) is 10.0 Å². The van der Waals surface area contributed by atoms with Crippen molar-refractivity contribution in [3.8, 4) is 0 Å². The highest BCUT2D eigenvalue weighted by molar-refractivity contribution is 7.91. The van der Waals surface area contributed by atoms with Gasteiger partial charge in [-0.1, -0.05) is 11.3 Å². The second kappa shape index (κ2) is 4.12. The van der Waals surface area contributed by atoms with E-state index in [1.807, 2.05) is 0 Å². The van der Waals surface area contributed by atoms with E-state index < -0.39 is 15.1 Å². The van der Waals surface area contributed by atoms with Gasteiger partial charge in [-0.25, -0.2) is 8.42 Å². The Morgan fingerprint density at radius 2 is 1.79 bits per heavy atom. The third-order valence-electron chi connectivity index (χ3n) is 1.79. The first-order chi connectivity index (χ1) is 6.32. The van der Waals surface area contributed by atoms with Gasteiger partial charge in [-0.2, -0.15) is 0 Å². The van der Waals surface area contributed by atoms with Crippen LogP contribution in [0.2, 0.25) is 0 Å². The molecule has 0 aliphatic carbocycles. The molecule has 0 spiro atoms. The van der Waals surface area contributed by atoms with Crippen LogP contribution < -0.4 is 0 Å². The van der Waals surface area contributed by atoms with Crippen molar-refractivity contribution in [1.82, 2.24) is 10.2 Å². The van der Waals surface area contributed by atoms with E-state index in [4.69, 9.17) is 11.6 Å². The first-order valence-electron chi connectivity index (χ1n) is 3.98. The number of hydrogen-bond donors (Lipinski definition) is 0. The minimum absolute atomic E-state index is 0.229. The Morgan fingerprint density at radius 3 is 2.14 bits per heavy atom. The summed E-state index contributed by atoms with van der Waals surface area (Å²) in [5.41, 5.74) is 0. The summed E-state index contributed by atoms with van der Waals surface area (Å²) in [4.78, 5) is 0. The molecule has 0 bridgehead atoms. The molecule has 80 valence electrons. The van der Waals surface area contributed by atoms with Crippen molar-refractivity contribution < 1.29 is 8.42 Å². The molecule has 1 heterocycles. The van der Waals surface area contributed by atoms with Gasteiger partial charge in [0.15, 0.2) is 9.84 Å². The minimum Gasteiger partial charge on any atom is -0.228 e. The van der Waals surface area contributed by atoms with Gasteiger partial charge < -0.3 is 0 Å². The van der Waals surface area contributed by atoms with Crippen molar-refractivity contribution in [2.75, 3.05) is 6.26 Å². The molecule has 0 saturated carbocycles. The molecule has 2 unspecified atom stereocenters. The SMILES string of the molecule is CC(Cl)c1nnc(C(C)S(C)(=O)=O)s1. The Kier molecular flexibility index (Phi) is 3.49. The average Bonchev–Trinajstić information content (AvgIpc) is 2.48. The summed E-state index contributed by atoms with van der Waals surface area (Å²) in [6.07, 6.45) is 1.18. The zero-order valence-corrected chi connectivity index (χ0v) is 10.4. The topological polar surface area (TPSA) is 59.9 Å². The van der Waals surface area contributed by atoms with Crippen LogP contribution >= 0.6 is 22.9 Å². The summed E-state index contributed by atoms with van der Waals surface area (Å²) in [5.74, 6) is 0. The van der Waals surface area contributed by atoms with Crippen LogP contribution in [0, 0.1) is 0 Å². The van der Waals surface area contributed by atoms with Crippen molar-refractivity contribution >= 4 is 32.8 Å². The van der Waals surface area contributed by atoms with Gasteiger partial charge in [-0.3, -0.25) is 0 Å². The Labute approximate surface area is 92.2 Å². The van der Waals surface area contributed by atoms with Gasteiger partial charge in [0.25, 0.3) is 0 Å². The molecule has 14 heavy (non-hydrogen) atoms. The molecule has 0 saturated heterocycles. The van der Waals surface area contributed by atoms with Crippen LogP contribution in [-0.2, 0) is 9.84 Å². The lowest BCUT2D eigenvalue weighted by atomic mass is 10.5. The van der Waals surface area contributed by atoms with E-state index >= 15 is 0 Å². The van der Waals surface area contributed by atoms with Crippen LogP contribution in [0.5, 0.6) is 0 Å². The fraction of sp³-hybridized carbons (Fsp3) is 0.714. The highest BCUT2D eigenvalue weighted by Crippen LogP contribution is 2.29. The highest BCUT2D eigenvalue weighted by Gasteiger charge is 2.22. The molecule has 0 N–H and O–H groups in total. The van der Waals surface area contributed by atoms with Crippen molar-refractivity contribution in [3.63, 3.8) is 0 Å². The smallest absolute Gasteiger partial charge is 0.156 e. The second-order valence-corrected chi connectivity index (χ2v) is 7.13. The number of aromatic nitrogens is 2. The van der Waals surface area contributed by atoms with Crippen LogP contribution in [-0.4, -0.2) is 24.9 Å². The summed E-state index contributed by atoms with van der Waals surface area (Å²) in [6.45, 7) is 3.37. The number of alkyl halides is 1. The molecule has 1 rings (SSSR count). The summed E-state index contributed by atoms with van der Waals surface area (Å²) >= 11 is 7.04. The maximum atomic E-state index is 11.2. The summed E-state index contributed by atoms with van der Waals surface area (Å²) in [5, 5.41) is 7.94. The maximum Gasteiger partial charge on any atom is 0.156 e. The fourth-order valence-electron chi connectivity index (χ4n) is 0.755. The Balaban J connectivity index is 2.98. The number of hydrogen-bond acceptors (Lipinski definition) is 5. The Morgan fingerprint density at radius 1 is 1.29 bits per heavy atom. The first kappa shape index (κ1) is 11.9. The minimum atomic E-state index is -3.10. The van der Waals surface area contributed by atoms with E-state index in [2.05, 4.69) is 10.2 Å². The lowest BCUT2D eigenvalue weighted by Crippen LogP contribution is -2.07. The van der Waals surface area contributed by atoms with Crippen LogP contribution in [0.15, 0.2) is 0 Å². The van der Waals surface area contributed by atoms with Crippen molar-refractivity contribution in [2.45, 2.75) is 24.5 Å². The third-order valence-corrected chi connectivity index (χ3v) is 5.07. The molecular weight excluding hydrogens is 244 g/mol. The molecule has 0 fully saturated rings. The van der Waals surface area contributed by atoms with Crippen molar-refractivity contribution in [2.24, 2.45) is 0 Å². The largest absolute Gasteiger partial charge is 0.228 e. The summed E-state index contributed by atoms with van der Waals surface area (Å²) < 4.78 is 22.4. The lowest BCUT2D eigenvalue weighted by molar-refractivity contribution is 0.591. The van der Waals surface area contributed by atoms with Gasteiger partial charge >= 0.3 is 0 Å². The summed E-state index contributed by atoms with van der Waals surface area (Å²) in [6, 6.07) is 0. The Hall–Kier alpha value is -0.200. The van der Waals surface area contributed by atoms with Gasteiger partial charge in [-0.15, -0.1) is 21.8 Å². The molecule has 4 nitrogen and oxygen atoms in total. The number of rotatable bonds is 3. The quantitative estimate of drug-likeness (QED) is 0.774. The van der Waals surface area contributed by atoms with Crippen molar-refractivity contribution in [3.05, 3.63) is 10.0 Å². The zero-order chi connectivity index (χ0) is 10.9. The van der Waals surface area contributed by atoms with Crippen LogP contribution in [0.3, 0.4) is 0 Å². The molecule has 0 amide bonds. The fourth-order valence-corrected chi connectivity index (χ4v) is 2.72. The van der Waals surface area contributed by atoms with E-state index in [1.54, 1.807) is 13.8 Å². The zero-order valence-electron chi connectivity index (χ0n) is 8.06. The van der Waals surface area contributed by atoms with Crippen LogP contribution in [0.1, 0.15) is 34.5 Å². The lowest BCUT2D eigenvalue weighted by Gasteiger charge is -2.02. The van der Waals surface area contributed by atoms with Crippen LogP contribution in [0.4, 0.5) is 0 Å². The molecule has 2 atom stereocenters. The van der Waals surface area contributed by atoms with E-state index in [-0.39, 0.29) is 5.38 Å². The van der Waals surface area contributed by atoms with Gasteiger partial charge in [0, 0.05) is 6.26 Å². The predicted molar refractivity (Wildman–Crippen MR) is 57.4 cm³/mol. The van der Waals surface area contributed by atoms with Gasteiger partial charge in [0.1, 0.15) is 15.3 Å². The first-order valence-corrected chi connectivity index (χ1v) is 7.19. The third kappa shape index (κ3) is 2.65. The van der Waals surface area contributed by atoms with Crippen molar-refractivity contribution in [1.29, 1.82) is 0 Å². The van der Waals surface area contributed by atoms with Gasteiger partial charge in [0.05, 0.1) is 5.38 Å². The molecule has 1 aromatic rings. The second-order valence-electron chi connectivity index (χ2n) is 3.07. The predicted octanol–water partition coefficient (Wildman–Crippen LogP) is 1.94. The molecule has 7 heteroatoms. The standard InChI is InChI=1S/C7H11ClN2O2S2/c1-4(8)6-9-10-7(13-6)5(2)14(3,11)12/h4-5H,1-3H3.